The Morgan fingerprint density at radius 3 is 2.47 bits per heavy atom. The lowest BCUT2D eigenvalue weighted by molar-refractivity contribution is -0.384. The summed E-state index contributed by atoms with van der Waals surface area (Å²) >= 11 is 0. The van der Waals surface area contributed by atoms with E-state index in [-0.39, 0.29) is 11.6 Å². The molecule has 1 aromatic carbocycles. The van der Waals surface area contributed by atoms with Crippen molar-refractivity contribution in [3.05, 3.63) is 52.1 Å². The molecule has 0 N–H and O–H groups in total. The summed E-state index contributed by atoms with van der Waals surface area (Å²) in [4.78, 5) is 23.3. The van der Waals surface area contributed by atoms with Crippen LogP contribution < -0.4 is 0 Å². The lowest BCUT2D eigenvalue weighted by Gasteiger charge is -2.14. The molecule has 0 aliphatic carbocycles. The van der Waals surface area contributed by atoms with Gasteiger partial charge in [-0.1, -0.05) is 18.7 Å². The van der Waals surface area contributed by atoms with Gasteiger partial charge >= 0.3 is 0 Å². The van der Waals surface area contributed by atoms with E-state index in [2.05, 4.69) is 6.58 Å². The third-order valence-corrected chi connectivity index (χ3v) is 2.79. The van der Waals surface area contributed by atoms with E-state index in [0.717, 1.165) is 5.56 Å². The van der Waals surface area contributed by atoms with Crippen molar-refractivity contribution < 1.29 is 9.72 Å². The van der Waals surface area contributed by atoms with Gasteiger partial charge in [-0.3, -0.25) is 14.9 Å². The smallest absolute Gasteiger partial charge is 0.269 e. The largest absolute Gasteiger partial charge is 0.334 e. The van der Waals surface area contributed by atoms with E-state index in [1.54, 1.807) is 17.0 Å². The second-order valence-electron chi connectivity index (χ2n) is 4.00. The molecule has 0 saturated carbocycles. The van der Waals surface area contributed by atoms with Gasteiger partial charge in [0.25, 0.3) is 5.69 Å². The van der Waals surface area contributed by atoms with Crippen molar-refractivity contribution in [1.29, 1.82) is 0 Å². The second-order valence-corrected chi connectivity index (χ2v) is 4.00. The van der Waals surface area contributed by atoms with E-state index < -0.39 is 4.92 Å². The van der Waals surface area contributed by atoms with Crippen LogP contribution >= 0.6 is 0 Å². The number of non-ortho nitro benzene ring substituents is 1. The number of carbonyl (C=O) groups excluding carboxylic acids is 1. The number of benzene rings is 1. The molecule has 2 rings (SSSR count). The van der Waals surface area contributed by atoms with Crippen molar-refractivity contribution in [2.75, 3.05) is 6.54 Å². The SMILES string of the molecule is C=C1CCN(Cc2ccc([N+](=O)[O-])cc2)C1=O. The molecule has 5 nitrogen and oxygen atoms in total. The molecule has 0 unspecified atom stereocenters. The topological polar surface area (TPSA) is 63.4 Å². The van der Waals surface area contributed by atoms with Crippen LogP contribution in [-0.2, 0) is 11.3 Å². The van der Waals surface area contributed by atoms with E-state index in [1.165, 1.54) is 12.1 Å². The lowest BCUT2D eigenvalue weighted by Crippen LogP contribution is -2.24. The molecule has 1 amide bonds. The van der Waals surface area contributed by atoms with E-state index in [4.69, 9.17) is 0 Å². The fraction of sp³-hybridized carbons (Fsp3) is 0.250. The molecule has 88 valence electrons. The average Bonchev–Trinajstić information content (AvgIpc) is 2.62. The van der Waals surface area contributed by atoms with Crippen molar-refractivity contribution in [3.8, 4) is 0 Å². The molecule has 1 saturated heterocycles. The molecule has 1 aliphatic rings. The first-order valence-electron chi connectivity index (χ1n) is 5.28. The van der Waals surface area contributed by atoms with Gasteiger partial charge in [0, 0.05) is 30.8 Å². The summed E-state index contributed by atoms with van der Waals surface area (Å²) in [7, 11) is 0. The van der Waals surface area contributed by atoms with Crippen molar-refractivity contribution >= 4 is 11.6 Å². The molecule has 0 aromatic heterocycles. The number of nitro benzene ring substituents is 1. The lowest BCUT2D eigenvalue weighted by atomic mass is 10.2. The molecular formula is C12H12N2O3. The van der Waals surface area contributed by atoms with Gasteiger partial charge < -0.3 is 4.90 Å². The van der Waals surface area contributed by atoms with Gasteiger partial charge in [0.2, 0.25) is 5.91 Å². The zero-order valence-corrected chi connectivity index (χ0v) is 9.26. The molecule has 5 heteroatoms. The Morgan fingerprint density at radius 2 is 2.00 bits per heavy atom. The zero-order valence-electron chi connectivity index (χ0n) is 9.26. The third-order valence-electron chi connectivity index (χ3n) is 2.79. The van der Waals surface area contributed by atoms with Crippen LogP contribution in [-0.4, -0.2) is 22.3 Å². The number of hydrogen-bond donors (Lipinski definition) is 0. The molecule has 0 spiro atoms. The molecule has 0 radical (unpaired) electrons. The Bertz CT molecular complexity index is 479. The minimum Gasteiger partial charge on any atom is -0.334 e. The highest BCUT2D eigenvalue weighted by Gasteiger charge is 2.23. The Kier molecular flexibility index (Phi) is 2.91. The Balaban J connectivity index is 2.07. The molecule has 1 aliphatic heterocycles. The third kappa shape index (κ3) is 2.33. The quantitative estimate of drug-likeness (QED) is 0.454. The van der Waals surface area contributed by atoms with Crippen molar-refractivity contribution in [3.63, 3.8) is 0 Å². The van der Waals surface area contributed by atoms with Gasteiger partial charge in [0.15, 0.2) is 0 Å². The van der Waals surface area contributed by atoms with Crippen molar-refractivity contribution in [2.45, 2.75) is 13.0 Å². The van der Waals surface area contributed by atoms with Gasteiger partial charge in [-0.05, 0) is 12.0 Å². The zero-order chi connectivity index (χ0) is 12.4. The van der Waals surface area contributed by atoms with Gasteiger partial charge in [-0.15, -0.1) is 0 Å². The van der Waals surface area contributed by atoms with Crippen molar-refractivity contribution in [2.24, 2.45) is 0 Å². The van der Waals surface area contributed by atoms with E-state index in [0.29, 0.717) is 25.1 Å². The average molecular weight is 232 g/mol. The highest BCUT2D eigenvalue weighted by Crippen LogP contribution is 2.19. The summed E-state index contributed by atoms with van der Waals surface area (Å²) in [6.07, 6.45) is 0.700. The van der Waals surface area contributed by atoms with E-state index in [9.17, 15) is 14.9 Å². The molecular weight excluding hydrogens is 220 g/mol. The second kappa shape index (κ2) is 4.37. The van der Waals surface area contributed by atoms with Gasteiger partial charge in [0.1, 0.15) is 0 Å². The summed E-state index contributed by atoms with van der Waals surface area (Å²) in [6, 6.07) is 6.24. The number of amides is 1. The van der Waals surface area contributed by atoms with Crippen LogP contribution in [0.25, 0.3) is 0 Å². The highest BCUT2D eigenvalue weighted by molar-refractivity contribution is 5.94. The minimum absolute atomic E-state index is 0.0247. The molecule has 0 bridgehead atoms. The number of carbonyl (C=O) groups is 1. The fourth-order valence-electron chi connectivity index (χ4n) is 1.80. The Hall–Kier alpha value is -2.17. The number of likely N-dealkylation sites (tertiary alicyclic amines) is 1. The van der Waals surface area contributed by atoms with Crippen LogP contribution in [0.4, 0.5) is 5.69 Å². The monoisotopic (exact) mass is 232 g/mol. The first-order chi connectivity index (χ1) is 8.08. The standard InChI is InChI=1S/C12H12N2O3/c1-9-6-7-13(12(9)15)8-10-2-4-11(5-3-10)14(16)17/h2-5H,1,6-8H2. The number of rotatable bonds is 3. The highest BCUT2D eigenvalue weighted by atomic mass is 16.6. The maximum Gasteiger partial charge on any atom is 0.269 e. The summed E-state index contributed by atoms with van der Waals surface area (Å²) < 4.78 is 0. The molecule has 1 heterocycles. The summed E-state index contributed by atoms with van der Waals surface area (Å²) in [6.45, 7) is 4.84. The number of nitro groups is 1. The van der Waals surface area contributed by atoms with Crippen molar-refractivity contribution in [1.82, 2.24) is 4.90 Å². The molecule has 1 fully saturated rings. The normalized spacial score (nSPS) is 15.4. The molecule has 1 aromatic rings. The summed E-state index contributed by atoms with van der Waals surface area (Å²) in [5, 5.41) is 10.5. The van der Waals surface area contributed by atoms with E-state index in [1.807, 2.05) is 0 Å². The van der Waals surface area contributed by atoms with Crippen LogP contribution in [0.2, 0.25) is 0 Å². The predicted molar refractivity (Wildman–Crippen MR) is 62.3 cm³/mol. The number of hydrogen-bond acceptors (Lipinski definition) is 3. The first kappa shape index (κ1) is 11.3. The van der Waals surface area contributed by atoms with Gasteiger partial charge in [-0.25, -0.2) is 0 Å². The molecule has 17 heavy (non-hydrogen) atoms. The Morgan fingerprint density at radius 1 is 1.35 bits per heavy atom. The first-order valence-corrected chi connectivity index (χ1v) is 5.28. The Labute approximate surface area is 98.5 Å². The summed E-state index contributed by atoms with van der Waals surface area (Å²) in [5.41, 5.74) is 1.58. The maximum absolute atomic E-state index is 11.6. The van der Waals surface area contributed by atoms with Crippen LogP contribution in [0, 0.1) is 10.1 Å². The molecule has 0 atom stereocenters. The van der Waals surface area contributed by atoms with Crippen LogP contribution in [0.3, 0.4) is 0 Å². The predicted octanol–water partition coefficient (Wildman–Crippen LogP) is 1.88. The maximum atomic E-state index is 11.6. The van der Waals surface area contributed by atoms with E-state index >= 15 is 0 Å². The summed E-state index contributed by atoms with van der Waals surface area (Å²) in [5.74, 6) is -0.0247. The van der Waals surface area contributed by atoms with Crippen LogP contribution in [0.15, 0.2) is 36.4 Å². The number of nitrogens with zero attached hydrogens (tertiary/aromatic N) is 2. The van der Waals surface area contributed by atoms with Crippen LogP contribution in [0.5, 0.6) is 0 Å². The minimum atomic E-state index is -0.438. The van der Waals surface area contributed by atoms with Gasteiger partial charge in [0.05, 0.1) is 4.92 Å². The van der Waals surface area contributed by atoms with Gasteiger partial charge in [-0.2, -0.15) is 0 Å². The fourth-order valence-corrected chi connectivity index (χ4v) is 1.80. The van der Waals surface area contributed by atoms with Crippen LogP contribution in [0.1, 0.15) is 12.0 Å².